The highest BCUT2D eigenvalue weighted by Crippen LogP contribution is 2.40. The van der Waals surface area contributed by atoms with Gasteiger partial charge in [-0.2, -0.15) is 0 Å². The largest absolute Gasteiger partial charge is 0.444 e. The highest BCUT2D eigenvalue weighted by molar-refractivity contribution is 5.69. The monoisotopic (exact) mass is 240 g/mol. The van der Waals surface area contributed by atoms with Crippen LogP contribution in [0.5, 0.6) is 0 Å². The van der Waals surface area contributed by atoms with E-state index < -0.39 is 5.60 Å². The number of nitrogens with zero attached hydrogens (tertiary/aromatic N) is 1. The van der Waals surface area contributed by atoms with Gasteiger partial charge in [0, 0.05) is 24.5 Å². The Morgan fingerprint density at radius 3 is 2.82 bits per heavy atom. The Balaban J connectivity index is 2.05. The standard InChI is InChI=1S/C13H24N2O2/c1-12(2,3)17-11(16)15-8-6-13(4)9-14-7-5-10(13)15/h10,14H,5-9H2,1-4H3. The Labute approximate surface area is 104 Å². The van der Waals surface area contributed by atoms with E-state index in [1.165, 1.54) is 0 Å². The summed E-state index contributed by atoms with van der Waals surface area (Å²) in [6.07, 6.45) is 1.97. The summed E-state index contributed by atoms with van der Waals surface area (Å²) in [7, 11) is 0. The summed E-state index contributed by atoms with van der Waals surface area (Å²) in [6.45, 7) is 10.9. The summed E-state index contributed by atoms with van der Waals surface area (Å²) in [5, 5.41) is 3.43. The molecule has 0 saturated carbocycles. The molecule has 2 saturated heterocycles. The molecule has 2 rings (SSSR count). The first-order valence-corrected chi connectivity index (χ1v) is 6.52. The fourth-order valence-electron chi connectivity index (χ4n) is 2.94. The van der Waals surface area contributed by atoms with Crippen molar-refractivity contribution in [3.8, 4) is 0 Å². The van der Waals surface area contributed by atoms with Crippen molar-refractivity contribution in [1.82, 2.24) is 10.2 Å². The van der Waals surface area contributed by atoms with Crippen LogP contribution in [-0.4, -0.2) is 42.3 Å². The van der Waals surface area contributed by atoms with Crippen molar-refractivity contribution in [3.05, 3.63) is 0 Å². The van der Waals surface area contributed by atoms with Gasteiger partial charge in [-0.1, -0.05) is 6.92 Å². The molecular formula is C13H24N2O2. The second-order valence-corrected chi connectivity index (χ2v) is 6.56. The molecule has 1 N–H and O–H groups in total. The van der Waals surface area contributed by atoms with Crippen molar-refractivity contribution in [2.75, 3.05) is 19.6 Å². The number of carbonyl (C=O) groups is 1. The molecule has 0 radical (unpaired) electrons. The molecule has 2 aliphatic heterocycles. The van der Waals surface area contributed by atoms with E-state index in [0.29, 0.717) is 6.04 Å². The minimum Gasteiger partial charge on any atom is -0.444 e. The van der Waals surface area contributed by atoms with Gasteiger partial charge >= 0.3 is 6.09 Å². The lowest BCUT2D eigenvalue weighted by atomic mass is 9.78. The van der Waals surface area contributed by atoms with Gasteiger partial charge in [0.1, 0.15) is 5.60 Å². The molecule has 0 aliphatic carbocycles. The van der Waals surface area contributed by atoms with Crippen molar-refractivity contribution in [3.63, 3.8) is 0 Å². The number of rotatable bonds is 0. The molecule has 4 nitrogen and oxygen atoms in total. The van der Waals surface area contributed by atoms with Crippen molar-refractivity contribution < 1.29 is 9.53 Å². The zero-order chi connectivity index (χ0) is 12.7. The number of amides is 1. The molecule has 2 atom stereocenters. The maximum absolute atomic E-state index is 12.1. The fraction of sp³-hybridized carbons (Fsp3) is 0.923. The molecule has 4 heteroatoms. The smallest absolute Gasteiger partial charge is 0.410 e. The number of ether oxygens (including phenoxy) is 1. The van der Waals surface area contributed by atoms with E-state index in [0.717, 1.165) is 32.5 Å². The Hall–Kier alpha value is -0.770. The molecule has 2 unspecified atom stereocenters. The predicted octanol–water partition coefficient (Wildman–Crippen LogP) is 2.00. The van der Waals surface area contributed by atoms with Gasteiger partial charge in [-0.05, 0) is 40.2 Å². The number of likely N-dealkylation sites (tertiary alicyclic amines) is 1. The van der Waals surface area contributed by atoms with Crippen LogP contribution in [0, 0.1) is 5.41 Å². The minimum absolute atomic E-state index is 0.145. The van der Waals surface area contributed by atoms with E-state index in [1.54, 1.807) is 0 Å². The molecular weight excluding hydrogens is 216 g/mol. The lowest BCUT2D eigenvalue weighted by Gasteiger charge is -2.39. The van der Waals surface area contributed by atoms with Gasteiger partial charge in [0.05, 0.1) is 0 Å². The lowest BCUT2D eigenvalue weighted by Crippen LogP contribution is -2.52. The van der Waals surface area contributed by atoms with Crippen molar-refractivity contribution in [2.45, 2.75) is 52.2 Å². The van der Waals surface area contributed by atoms with Crippen LogP contribution in [0.15, 0.2) is 0 Å². The Kier molecular flexibility index (Phi) is 3.10. The highest BCUT2D eigenvalue weighted by atomic mass is 16.6. The van der Waals surface area contributed by atoms with Gasteiger partial charge in [0.15, 0.2) is 0 Å². The molecule has 2 heterocycles. The maximum Gasteiger partial charge on any atom is 0.410 e. The summed E-state index contributed by atoms with van der Waals surface area (Å²) in [6, 6.07) is 0.346. The molecule has 0 aromatic heterocycles. The highest BCUT2D eigenvalue weighted by Gasteiger charge is 2.47. The molecule has 17 heavy (non-hydrogen) atoms. The maximum atomic E-state index is 12.1. The first-order chi connectivity index (χ1) is 7.82. The van der Waals surface area contributed by atoms with Crippen LogP contribution in [0.2, 0.25) is 0 Å². The van der Waals surface area contributed by atoms with Gasteiger partial charge in [0.25, 0.3) is 0 Å². The summed E-state index contributed by atoms with van der Waals surface area (Å²) >= 11 is 0. The second-order valence-electron chi connectivity index (χ2n) is 6.56. The van der Waals surface area contributed by atoms with Crippen LogP contribution < -0.4 is 5.32 Å². The predicted molar refractivity (Wildman–Crippen MR) is 66.9 cm³/mol. The topological polar surface area (TPSA) is 41.6 Å². The molecule has 2 fully saturated rings. The molecule has 0 bridgehead atoms. The second kappa shape index (κ2) is 4.16. The average molecular weight is 240 g/mol. The summed E-state index contributed by atoms with van der Waals surface area (Å²) in [5.41, 5.74) is -0.169. The first-order valence-electron chi connectivity index (χ1n) is 6.52. The SMILES string of the molecule is CC(C)(C)OC(=O)N1CCC2(C)CNCCC12. The zero-order valence-corrected chi connectivity index (χ0v) is 11.4. The number of carbonyl (C=O) groups excluding carboxylic acids is 1. The summed E-state index contributed by atoms with van der Waals surface area (Å²) in [5.74, 6) is 0. The molecule has 0 spiro atoms. The van der Waals surface area contributed by atoms with Crippen LogP contribution in [0.4, 0.5) is 4.79 Å². The fourth-order valence-corrected chi connectivity index (χ4v) is 2.94. The number of fused-ring (bicyclic) bond motifs is 1. The van der Waals surface area contributed by atoms with Crippen LogP contribution >= 0.6 is 0 Å². The molecule has 0 aromatic rings. The molecule has 1 amide bonds. The van der Waals surface area contributed by atoms with Crippen molar-refractivity contribution in [1.29, 1.82) is 0 Å². The lowest BCUT2D eigenvalue weighted by molar-refractivity contribution is 0.0136. The van der Waals surface area contributed by atoms with Crippen LogP contribution in [0.1, 0.15) is 40.5 Å². The van der Waals surface area contributed by atoms with Crippen molar-refractivity contribution in [2.24, 2.45) is 5.41 Å². The third kappa shape index (κ3) is 2.57. The van der Waals surface area contributed by atoms with E-state index in [4.69, 9.17) is 4.74 Å². The molecule has 0 aromatic carbocycles. The Morgan fingerprint density at radius 2 is 2.18 bits per heavy atom. The van der Waals surface area contributed by atoms with Crippen LogP contribution in [-0.2, 0) is 4.74 Å². The normalized spacial score (nSPS) is 33.4. The van der Waals surface area contributed by atoms with E-state index >= 15 is 0 Å². The quantitative estimate of drug-likeness (QED) is 0.704. The molecule has 98 valence electrons. The van der Waals surface area contributed by atoms with Gasteiger partial charge in [-0.3, -0.25) is 0 Å². The minimum atomic E-state index is -0.400. The van der Waals surface area contributed by atoms with E-state index in [9.17, 15) is 4.79 Å². The van der Waals surface area contributed by atoms with Gasteiger partial charge in [-0.15, -0.1) is 0 Å². The third-order valence-corrected chi connectivity index (χ3v) is 3.86. The third-order valence-electron chi connectivity index (χ3n) is 3.86. The van der Waals surface area contributed by atoms with E-state index in [1.807, 2.05) is 25.7 Å². The van der Waals surface area contributed by atoms with Gasteiger partial charge in [-0.25, -0.2) is 4.79 Å². The van der Waals surface area contributed by atoms with Gasteiger partial charge in [0.2, 0.25) is 0 Å². The van der Waals surface area contributed by atoms with E-state index in [2.05, 4.69) is 12.2 Å². The number of nitrogens with one attached hydrogen (secondary N) is 1. The zero-order valence-electron chi connectivity index (χ0n) is 11.4. The number of hydrogen-bond acceptors (Lipinski definition) is 3. The van der Waals surface area contributed by atoms with E-state index in [-0.39, 0.29) is 11.5 Å². The number of hydrogen-bond donors (Lipinski definition) is 1. The Bertz CT molecular complexity index is 311. The van der Waals surface area contributed by atoms with Crippen molar-refractivity contribution >= 4 is 6.09 Å². The molecule has 2 aliphatic rings. The summed E-state index contributed by atoms with van der Waals surface area (Å²) < 4.78 is 5.48. The average Bonchev–Trinajstić information content (AvgIpc) is 2.52. The Morgan fingerprint density at radius 1 is 1.47 bits per heavy atom. The van der Waals surface area contributed by atoms with Crippen LogP contribution in [0.3, 0.4) is 0 Å². The van der Waals surface area contributed by atoms with Gasteiger partial charge < -0.3 is 15.0 Å². The number of piperidine rings is 1. The first kappa shape index (κ1) is 12.7. The summed E-state index contributed by atoms with van der Waals surface area (Å²) in [4.78, 5) is 14.1. The van der Waals surface area contributed by atoms with Crippen LogP contribution in [0.25, 0.3) is 0 Å².